The molecule has 3 aromatic carbocycles. The fourth-order valence-corrected chi connectivity index (χ4v) is 3.35. The monoisotopic (exact) mass is 479 g/mol. The molecule has 2 N–H and O–H groups in total. The van der Waals surface area contributed by atoms with Crippen LogP contribution >= 0.6 is 11.6 Å². The van der Waals surface area contributed by atoms with Crippen LogP contribution in [-0.4, -0.2) is 24.6 Å². The maximum atomic E-state index is 12.2. The number of anilines is 1. The third-order valence-corrected chi connectivity index (χ3v) is 5.28. The van der Waals surface area contributed by atoms with Crippen molar-refractivity contribution < 1.29 is 19.1 Å². The molecule has 8 heteroatoms. The summed E-state index contributed by atoms with van der Waals surface area (Å²) in [6.45, 7) is 6.32. The number of aryl methyl sites for hydroxylation is 2. The number of carbonyl (C=O) groups excluding carboxylic acids is 2. The quantitative estimate of drug-likeness (QED) is 0.269. The first kappa shape index (κ1) is 24.8. The minimum Gasteiger partial charge on any atom is -0.490 e. The molecule has 0 spiro atoms. The number of carbonyl (C=O) groups is 2. The summed E-state index contributed by atoms with van der Waals surface area (Å²) in [5, 5.41) is 7.13. The van der Waals surface area contributed by atoms with E-state index < -0.39 is 11.8 Å². The lowest BCUT2D eigenvalue weighted by Crippen LogP contribution is -2.32. The van der Waals surface area contributed by atoms with E-state index in [2.05, 4.69) is 15.8 Å². The summed E-state index contributed by atoms with van der Waals surface area (Å²) in [5.41, 5.74) is 6.10. The largest absolute Gasteiger partial charge is 0.490 e. The zero-order chi connectivity index (χ0) is 24.5. The van der Waals surface area contributed by atoms with Gasteiger partial charge in [-0.15, -0.1) is 0 Å². The van der Waals surface area contributed by atoms with Gasteiger partial charge in [-0.05, 0) is 61.7 Å². The molecule has 0 saturated carbocycles. The molecule has 0 bridgehead atoms. The molecule has 0 atom stereocenters. The Morgan fingerprint density at radius 1 is 0.941 bits per heavy atom. The Balaban J connectivity index is 1.62. The van der Waals surface area contributed by atoms with E-state index in [1.807, 2.05) is 57.2 Å². The predicted octanol–water partition coefficient (Wildman–Crippen LogP) is 5.02. The number of hydrazone groups is 1. The van der Waals surface area contributed by atoms with Crippen molar-refractivity contribution in [3.05, 3.63) is 87.9 Å². The van der Waals surface area contributed by atoms with Crippen LogP contribution in [0.3, 0.4) is 0 Å². The molecule has 2 amide bonds. The van der Waals surface area contributed by atoms with Gasteiger partial charge in [0, 0.05) is 16.3 Å². The summed E-state index contributed by atoms with van der Waals surface area (Å²) >= 11 is 6.19. The molecule has 0 radical (unpaired) electrons. The van der Waals surface area contributed by atoms with Gasteiger partial charge in [-0.1, -0.05) is 48.0 Å². The number of benzene rings is 3. The average molecular weight is 480 g/mol. The molecule has 7 nitrogen and oxygen atoms in total. The maximum Gasteiger partial charge on any atom is 0.329 e. The highest BCUT2D eigenvalue weighted by Crippen LogP contribution is 2.29. The second-order valence-corrected chi connectivity index (χ2v) is 7.85. The number of halogens is 1. The molecule has 0 aliphatic carbocycles. The molecule has 0 aromatic heterocycles. The summed E-state index contributed by atoms with van der Waals surface area (Å²) in [5.74, 6) is -0.593. The van der Waals surface area contributed by atoms with Crippen molar-refractivity contribution >= 4 is 35.3 Å². The van der Waals surface area contributed by atoms with E-state index in [0.29, 0.717) is 41.0 Å². The Bertz CT molecular complexity index is 1190. The van der Waals surface area contributed by atoms with Gasteiger partial charge >= 0.3 is 11.8 Å². The molecule has 3 rings (SSSR count). The Morgan fingerprint density at radius 3 is 2.38 bits per heavy atom. The SMILES string of the molecule is CCOc1cc(/C=N/NC(=O)C(=O)Nc2c(C)cccc2C)ccc1OCc1ccccc1Cl. The molecule has 0 aliphatic heterocycles. The number of para-hydroxylation sites is 1. The van der Waals surface area contributed by atoms with E-state index in [4.69, 9.17) is 21.1 Å². The lowest BCUT2D eigenvalue weighted by atomic mass is 10.1. The van der Waals surface area contributed by atoms with Gasteiger partial charge in [0.05, 0.1) is 12.8 Å². The van der Waals surface area contributed by atoms with Gasteiger partial charge in [-0.2, -0.15) is 5.10 Å². The minimum atomic E-state index is -0.872. The van der Waals surface area contributed by atoms with Gasteiger partial charge in [0.1, 0.15) is 6.61 Å². The second kappa shape index (κ2) is 11.9. The third-order valence-electron chi connectivity index (χ3n) is 4.91. The highest BCUT2D eigenvalue weighted by atomic mass is 35.5. The predicted molar refractivity (Wildman–Crippen MR) is 134 cm³/mol. The van der Waals surface area contributed by atoms with E-state index in [0.717, 1.165) is 16.7 Å². The zero-order valence-electron chi connectivity index (χ0n) is 19.2. The van der Waals surface area contributed by atoms with Crippen molar-refractivity contribution in [1.29, 1.82) is 0 Å². The van der Waals surface area contributed by atoms with Gasteiger partial charge in [0.15, 0.2) is 11.5 Å². The zero-order valence-corrected chi connectivity index (χ0v) is 20.0. The molecule has 0 saturated heterocycles. The number of amides is 2. The topological polar surface area (TPSA) is 89.0 Å². The van der Waals surface area contributed by atoms with E-state index in [-0.39, 0.29) is 0 Å². The Labute approximate surface area is 203 Å². The highest BCUT2D eigenvalue weighted by molar-refractivity contribution is 6.39. The van der Waals surface area contributed by atoms with E-state index >= 15 is 0 Å². The van der Waals surface area contributed by atoms with Crippen LogP contribution in [0.5, 0.6) is 11.5 Å². The van der Waals surface area contributed by atoms with Crippen molar-refractivity contribution in [2.45, 2.75) is 27.4 Å². The molecule has 0 fully saturated rings. The first-order valence-corrected chi connectivity index (χ1v) is 11.1. The average Bonchev–Trinajstić information content (AvgIpc) is 2.82. The van der Waals surface area contributed by atoms with Gasteiger partial charge in [0.2, 0.25) is 0 Å². The van der Waals surface area contributed by atoms with E-state index in [1.165, 1.54) is 6.21 Å². The van der Waals surface area contributed by atoms with Gasteiger partial charge in [-0.25, -0.2) is 5.43 Å². The lowest BCUT2D eigenvalue weighted by molar-refractivity contribution is -0.136. The fraction of sp³-hybridized carbons (Fsp3) is 0.192. The van der Waals surface area contributed by atoms with E-state index in [1.54, 1.807) is 24.3 Å². The third kappa shape index (κ3) is 6.59. The molecule has 0 unspecified atom stereocenters. The Morgan fingerprint density at radius 2 is 1.68 bits per heavy atom. The fourth-order valence-electron chi connectivity index (χ4n) is 3.16. The molecule has 0 aliphatic rings. The number of ether oxygens (including phenoxy) is 2. The number of nitrogens with one attached hydrogen (secondary N) is 2. The smallest absolute Gasteiger partial charge is 0.329 e. The van der Waals surface area contributed by atoms with Crippen LogP contribution in [0.2, 0.25) is 5.02 Å². The summed E-state index contributed by atoms with van der Waals surface area (Å²) in [7, 11) is 0. The number of hydrogen-bond acceptors (Lipinski definition) is 5. The molecule has 176 valence electrons. The summed E-state index contributed by atoms with van der Waals surface area (Å²) in [6, 6.07) is 18.3. The standard InChI is InChI=1S/C26H26ClN3O4/c1-4-33-23-14-19(12-13-22(23)34-16-20-10-5-6-11-21(20)27)15-28-30-26(32)25(31)29-24-17(2)8-7-9-18(24)3/h5-15H,4,16H2,1-3H3,(H,29,31)(H,30,32)/b28-15+. The van der Waals surface area contributed by atoms with Crippen LogP contribution < -0.4 is 20.2 Å². The number of rotatable bonds is 8. The molecular formula is C26H26ClN3O4. The van der Waals surface area contributed by atoms with Crippen molar-refractivity contribution in [2.75, 3.05) is 11.9 Å². The second-order valence-electron chi connectivity index (χ2n) is 7.44. The van der Waals surface area contributed by atoms with Crippen LogP contribution in [0, 0.1) is 13.8 Å². The first-order valence-electron chi connectivity index (χ1n) is 10.7. The normalized spacial score (nSPS) is 10.7. The van der Waals surface area contributed by atoms with Crippen molar-refractivity contribution in [2.24, 2.45) is 5.10 Å². The highest BCUT2D eigenvalue weighted by Gasteiger charge is 2.15. The summed E-state index contributed by atoms with van der Waals surface area (Å²) in [4.78, 5) is 24.4. The van der Waals surface area contributed by atoms with E-state index in [9.17, 15) is 9.59 Å². The maximum absolute atomic E-state index is 12.2. The van der Waals surface area contributed by atoms with Crippen molar-refractivity contribution in [3.63, 3.8) is 0 Å². The summed E-state index contributed by atoms with van der Waals surface area (Å²) < 4.78 is 11.6. The van der Waals surface area contributed by atoms with Crippen LogP contribution in [0.1, 0.15) is 29.2 Å². The first-order chi connectivity index (χ1) is 16.4. The van der Waals surface area contributed by atoms with Crippen LogP contribution in [0.15, 0.2) is 65.8 Å². The molecular weight excluding hydrogens is 454 g/mol. The molecule has 3 aromatic rings. The lowest BCUT2D eigenvalue weighted by Gasteiger charge is -2.13. The van der Waals surface area contributed by atoms with Crippen LogP contribution in [-0.2, 0) is 16.2 Å². The van der Waals surface area contributed by atoms with Crippen molar-refractivity contribution in [3.8, 4) is 11.5 Å². The number of nitrogens with zero attached hydrogens (tertiary/aromatic N) is 1. The van der Waals surface area contributed by atoms with Gasteiger partial charge in [0.25, 0.3) is 0 Å². The minimum absolute atomic E-state index is 0.290. The van der Waals surface area contributed by atoms with Crippen LogP contribution in [0.4, 0.5) is 5.69 Å². The molecule has 0 heterocycles. The summed E-state index contributed by atoms with van der Waals surface area (Å²) in [6.07, 6.45) is 1.42. The van der Waals surface area contributed by atoms with Gasteiger partial charge < -0.3 is 14.8 Å². The Kier molecular flexibility index (Phi) is 8.65. The Hall–Kier alpha value is -3.84. The van der Waals surface area contributed by atoms with Gasteiger partial charge in [-0.3, -0.25) is 9.59 Å². The van der Waals surface area contributed by atoms with Crippen molar-refractivity contribution in [1.82, 2.24) is 5.43 Å². The van der Waals surface area contributed by atoms with Crippen LogP contribution in [0.25, 0.3) is 0 Å². The molecule has 34 heavy (non-hydrogen) atoms. The number of hydrogen-bond donors (Lipinski definition) is 2.